The summed E-state index contributed by atoms with van der Waals surface area (Å²) in [5, 5.41) is 12.1. The number of aliphatic carboxylic acids is 1. The first-order chi connectivity index (χ1) is 8.65. The molecule has 5 nitrogen and oxygen atoms in total. The van der Waals surface area contributed by atoms with Gasteiger partial charge in [0.05, 0.1) is 11.8 Å². The van der Waals surface area contributed by atoms with Crippen LogP contribution in [0.25, 0.3) is 0 Å². The summed E-state index contributed by atoms with van der Waals surface area (Å²) in [4.78, 5) is 25.4. The van der Waals surface area contributed by atoms with Crippen LogP contribution in [-0.4, -0.2) is 48.1 Å². The number of hydrogen-bond donors (Lipinski definition) is 2. The zero-order chi connectivity index (χ0) is 14.8. The molecule has 19 heavy (non-hydrogen) atoms. The largest absolute Gasteiger partial charge is 0.481 e. The first-order valence-electron chi connectivity index (χ1n) is 6.83. The third-order valence-electron chi connectivity index (χ3n) is 4.36. The van der Waals surface area contributed by atoms with Gasteiger partial charge in [-0.2, -0.15) is 0 Å². The Labute approximate surface area is 115 Å². The minimum atomic E-state index is -0.851. The minimum Gasteiger partial charge on any atom is -0.481 e. The maximum Gasteiger partial charge on any atom is 0.307 e. The number of carbonyl (C=O) groups excluding carboxylic acids is 1. The van der Waals surface area contributed by atoms with Gasteiger partial charge in [0.2, 0.25) is 5.91 Å². The third kappa shape index (κ3) is 3.93. The molecule has 1 amide bonds. The summed E-state index contributed by atoms with van der Waals surface area (Å²) in [6, 6.07) is 0. The van der Waals surface area contributed by atoms with Gasteiger partial charge in [-0.05, 0) is 46.7 Å². The Balaban J connectivity index is 2.60. The summed E-state index contributed by atoms with van der Waals surface area (Å²) < 4.78 is 0. The summed E-state index contributed by atoms with van der Waals surface area (Å²) >= 11 is 0. The molecule has 0 aromatic carbocycles. The molecule has 5 heteroatoms. The molecule has 0 saturated heterocycles. The number of nitrogens with zero attached hydrogens (tertiary/aromatic N) is 1. The highest BCUT2D eigenvalue weighted by atomic mass is 16.4. The lowest BCUT2D eigenvalue weighted by Crippen LogP contribution is -2.49. The van der Waals surface area contributed by atoms with E-state index in [-0.39, 0.29) is 17.4 Å². The second-order valence-corrected chi connectivity index (χ2v) is 6.55. The van der Waals surface area contributed by atoms with Crippen molar-refractivity contribution in [1.82, 2.24) is 10.2 Å². The van der Waals surface area contributed by atoms with E-state index in [1.54, 1.807) is 0 Å². The molecule has 0 heterocycles. The molecule has 0 radical (unpaired) electrons. The van der Waals surface area contributed by atoms with Crippen LogP contribution in [-0.2, 0) is 9.59 Å². The van der Waals surface area contributed by atoms with Crippen molar-refractivity contribution in [2.45, 2.75) is 39.2 Å². The van der Waals surface area contributed by atoms with E-state index in [2.05, 4.69) is 5.32 Å². The van der Waals surface area contributed by atoms with E-state index in [9.17, 15) is 14.7 Å². The van der Waals surface area contributed by atoms with E-state index in [0.717, 1.165) is 0 Å². The normalized spacial score (nSPS) is 27.6. The predicted octanol–water partition coefficient (Wildman–Crippen LogP) is 1.19. The van der Waals surface area contributed by atoms with Gasteiger partial charge in [-0.25, -0.2) is 0 Å². The van der Waals surface area contributed by atoms with Crippen LogP contribution in [0.3, 0.4) is 0 Å². The highest BCUT2D eigenvalue weighted by Crippen LogP contribution is 2.36. The topological polar surface area (TPSA) is 69.6 Å². The fourth-order valence-electron chi connectivity index (χ4n) is 2.45. The Morgan fingerprint density at radius 3 is 2.26 bits per heavy atom. The SMILES string of the molecule is CC1CC(C(=O)O)C(C(=O)NCC(C)(C)N(C)C)C1. The number of hydrogen-bond acceptors (Lipinski definition) is 3. The van der Waals surface area contributed by atoms with Crippen molar-refractivity contribution < 1.29 is 14.7 Å². The maximum absolute atomic E-state index is 12.2. The van der Waals surface area contributed by atoms with E-state index in [4.69, 9.17) is 0 Å². The highest BCUT2D eigenvalue weighted by molar-refractivity contribution is 5.85. The zero-order valence-electron chi connectivity index (χ0n) is 12.6. The molecule has 1 saturated carbocycles. The summed E-state index contributed by atoms with van der Waals surface area (Å²) in [6.45, 7) is 6.61. The van der Waals surface area contributed by atoms with Crippen LogP contribution in [0.2, 0.25) is 0 Å². The number of amides is 1. The van der Waals surface area contributed by atoms with Gasteiger partial charge in [-0.15, -0.1) is 0 Å². The second kappa shape index (κ2) is 5.90. The lowest BCUT2D eigenvalue weighted by Gasteiger charge is -2.33. The first kappa shape index (κ1) is 16.0. The third-order valence-corrected chi connectivity index (χ3v) is 4.36. The predicted molar refractivity (Wildman–Crippen MR) is 73.8 cm³/mol. The van der Waals surface area contributed by atoms with Crippen LogP contribution in [0.5, 0.6) is 0 Å². The van der Waals surface area contributed by atoms with Gasteiger partial charge in [0.15, 0.2) is 0 Å². The molecule has 1 rings (SSSR count). The lowest BCUT2D eigenvalue weighted by molar-refractivity contribution is -0.146. The van der Waals surface area contributed by atoms with Crippen molar-refractivity contribution in [3.05, 3.63) is 0 Å². The Bertz CT molecular complexity index is 353. The zero-order valence-corrected chi connectivity index (χ0v) is 12.6. The smallest absolute Gasteiger partial charge is 0.307 e. The van der Waals surface area contributed by atoms with Gasteiger partial charge in [0.25, 0.3) is 0 Å². The highest BCUT2D eigenvalue weighted by Gasteiger charge is 2.41. The number of carboxylic acids is 1. The standard InChI is InChI=1S/C14H26N2O3/c1-9-6-10(11(7-9)13(18)19)12(17)15-8-14(2,3)16(4)5/h9-11H,6-8H2,1-5H3,(H,15,17)(H,18,19). The van der Waals surface area contributed by atoms with Crippen LogP contribution in [0.1, 0.15) is 33.6 Å². The fourth-order valence-corrected chi connectivity index (χ4v) is 2.45. The number of carboxylic acid groups (broad SMARTS) is 1. The molecule has 0 aliphatic heterocycles. The van der Waals surface area contributed by atoms with Crippen molar-refractivity contribution >= 4 is 11.9 Å². The van der Waals surface area contributed by atoms with Crippen LogP contribution < -0.4 is 5.32 Å². The Morgan fingerprint density at radius 2 is 1.79 bits per heavy atom. The van der Waals surface area contributed by atoms with Gasteiger partial charge in [-0.1, -0.05) is 6.92 Å². The average Bonchev–Trinajstić information content (AvgIpc) is 2.68. The van der Waals surface area contributed by atoms with Gasteiger partial charge in [0.1, 0.15) is 0 Å². The summed E-state index contributed by atoms with van der Waals surface area (Å²) in [7, 11) is 3.92. The van der Waals surface area contributed by atoms with Crippen LogP contribution in [0, 0.1) is 17.8 Å². The Kier molecular flexibility index (Phi) is 4.96. The van der Waals surface area contributed by atoms with Crippen molar-refractivity contribution in [2.75, 3.05) is 20.6 Å². The van der Waals surface area contributed by atoms with Gasteiger partial charge >= 0.3 is 5.97 Å². The van der Waals surface area contributed by atoms with Crippen LogP contribution in [0.4, 0.5) is 0 Å². The van der Waals surface area contributed by atoms with E-state index in [1.807, 2.05) is 39.8 Å². The van der Waals surface area contributed by atoms with Gasteiger partial charge in [0, 0.05) is 12.1 Å². The molecule has 3 unspecified atom stereocenters. The van der Waals surface area contributed by atoms with Crippen molar-refractivity contribution in [3.8, 4) is 0 Å². The maximum atomic E-state index is 12.2. The van der Waals surface area contributed by atoms with Crippen molar-refractivity contribution in [3.63, 3.8) is 0 Å². The molecule has 0 spiro atoms. The molecule has 0 aromatic heterocycles. The molecule has 2 N–H and O–H groups in total. The monoisotopic (exact) mass is 270 g/mol. The van der Waals surface area contributed by atoms with E-state index in [1.165, 1.54) is 0 Å². The average molecular weight is 270 g/mol. The van der Waals surface area contributed by atoms with Crippen molar-refractivity contribution in [2.24, 2.45) is 17.8 Å². The Morgan fingerprint density at radius 1 is 1.26 bits per heavy atom. The molecule has 1 fully saturated rings. The van der Waals surface area contributed by atoms with E-state index >= 15 is 0 Å². The van der Waals surface area contributed by atoms with Crippen molar-refractivity contribution in [1.29, 1.82) is 0 Å². The molecule has 3 atom stereocenters. The summed E-state index contributed by atoms with van der Waals surface area (Å²) in [5.74, 6) is -1.58. The van der Waals surface area contributed by atoms with Crippen LogP contribution in [0.15, 0.2) is 0 Å². The first-order valence-corrected chi connectivity index (χ1v) is 6.83. The number of rotatable bonds is 5. The summed E-state index contributed by atoms with van der Waals surface area (Å²) in [6.07, 6.45) is 1.27. The number of likely N-dealkylation sites (N-methyl/N-ethyl adjacent to an activating group) is 1. The number of carbonyl (C=O) groups is 2. The molecule has 1 aliphatic rings. The quantitative estimate of drug-likeness (QED) is 0.787. The van der Waals surface area contributed by atoms with E-state index < -0.39 is 11.9 Å². The summed E-state index contributed by atoms with van der Waals surface area (Å²) in [5.41, 5.74) is -0.140. The molecule has 0 bridgehead atoms. The van der Waals surface area contributed by atoms with Gasteiger partial charge in [-0.3, -0.25) is 9.59 Å². The fraction of sp³-hybridized carbons (Fsp3) is 0.857. The number of nitrogens with one attached hydrogen (secondary N) is 1. The minimum absolute atomic E-state index is 0.119. The Hall–Kier alpha value is -1.10. The van der Waals surface area contributed by atoms with Crippen LogP contribution >= 0.6 is 0 Å². The molecular weight excluding hydrogens is 244 g/mol. The van der Waals surface area contributed by atoms with E-state index in [0.29, 0.717) is 25.3 Å². The molecule has 0 aromatic rings. The molecular formula is C14H26N2O3. The van der Waals surface area contributed by atoms with Gasteiger partial charge < -0.3 is 15.3 Å². The molecule has 110 valence electrons. The lowest BCUT2D eigenvalue weighted by atomic mass is 9.94. The molecule has 1 aliphatic carbocycles. The second-order valence-electron chi connectivity index (χ2n) is 6.55.